The van der Waals surface area contributed by atoms with Crippen LogP contribution in [0.5, 0.6) is 5.75 Å². The van der Waals surface area contributed by atoms with Gasteiger partial charge in [-0.15, -0.1) is 0 Å². The molecule has 3 heterocycles. The Kier molecular flexibility index (Phi) is 5.15. The van der Waals surface area contributed by atoms with E-state index < -0.39 is 0 Å². The summed E-state index contributed by atoms with van der Waals surface area (Å²) >= 11 is 0. The number of carbonyl (C=O) groups excluding carboxylic acids is 1. The van der Waals surface area contributed by atoms with Gasteiger partial charge in [0, 0.05) is 44.9 Å². The Labute approximate surface area is 177 Å². The van der Waals surface area contributed by atoms with E-state index in [1.165, 1.54) is 19.3 Å². The maximum Gasteiger partial charge on any atom is 0.270 e. The quantitative estimate of drug-likeness (QED) is 0.608. The fourth-order valence-electron chi connectivity index (χ4n) is 4.59. The fraction of sp³-hybridized carbons (Fsp3) is 0.458. The van der Waals surface area contributed by atoms with Crippen LogP contribution in [0.1, 0.15) is 36.7 Å². The highest BCUT2D eigenvalue weighted by molar-refractivity contribution is 5.97. The molecule has 2 aromatic heterocycles. The van der Waals surface area contributed by atoms with Gasteiger partial charge in [-0.05, 0) is 37.8 Å². The lowest BCUT2D eigenvalue weighted by atomic mass is 9.85. The largest absolute Gasteiger partial charge is 0.492 e. The first-order chi connectivity index (χ1) is 14.7. The van der Waals surface area contributed by atoms with Gasteiger partial charge in [-0.25, -0.2) is 0 Å². The zero-order valence-electron chi connectivity index (χ0n) is 17.5. The van der Waals surface area contributed by atoms with Crippen molar-refractivity contribution in [2.24, 2.45) is 5.92 Å². The average molecular weight is 408 g/mol. The van der Waals surface area contributed by atoms with Crippen molar-refractivity contribution < 1.29 is 13.9 Å². The van der Waals surface area contributed by atoms with Gasteiger partial charge >= 0.3 is 0 Å². The third-order valence-corrected chi connectivity index (χ3v) is 6.48. The molecule has 0 N–H and O–H groups in total. The number of anilines is 1. The van der Waals surface area contributed by atoms with Gasteiger partial charge in [0.05, 0.1) is 24.1 Å². The molecule has 6 nitrogen and oxygen atoms in total. The lowest BCUT2D eigenvalue weighted by Gasteiger charge is -2.37. The average Bonchev–Trinajstić information content (AvgIpc) is 3.33. The van der Waals surface area contributed by atoms with E-state index in [9.17, 15) is 4.79 Å². The number of hydrogen-bond acceptors (Lipinski definition) is 4. The molecular formula is C24H29N3O3. The highest BCUT2D eigenvalue weighted by Gasteiger charge is 2.28. The van der Waals surface area contributed by atoms with Crippen LogP contribution in [0.15, 0.2) is 47.1 Å². The van der Waals surface area contributed by atoms with Crippen LogP contribution in [0.2, 0.25) is 0 Å². The first kappa shape index (κ1) is 19.1. The van der Waals surface area contributed by atoms with Crippen LogP contribution in [0, 0.1) is 5.92 Å². The van der Waals surface area contributed by atoms with E-state index >= 15 is 0 Å². The number of piperazine rings is 1. The van der Waals surface area contributed by atoms with Crippen LogP contribution in [-0.2, 0) is 6.54 Å². The number of amides is 1. The summed E-state index contributed by atoms with van der Waals surface area (Å²) in [5.74, 6) is 1.70. The summed E-state index contributed by atoms with van der Waals surface area (Å²) in [6.07, 6.45) is 5.52. The Balaban J connectivity index is 1.32. The standard InChI is InChI=1S/C24H29N3O3/c1-2-29-22-9-4-3-8-19(22)25-11-13-26(14-12-25)24(28)21-16-23-20(10-15-30-23)27(21)17-18-6-5-7-18/h3-4,8-10,15-16,18H,2,5-7,11-14,17H2,1H3. The number of aromatic nitrogens is 1. The van der Waals surface area contributed by atoms with Gasteiger partial charge in [-0.3, -0.25) is 4.79 Å². The third kappa shape index (κ3) is 3.44. The predicted octanol–water partition coefficient (Wildman–Crippen LogP) is 4.40. The van der Waals surface area contributed by atoms with E-state index in [0.717, 1.165) is 47.9 Å². The van der Waals surface area contributed by atoms with Crippen LogP contribution in [0.25, 0.3) is 11.1 Å². The Bertz CT molecular complexity index is 1030. The second kappa shape index (κ2) is 8.09. The molecule has 0 unspecified atom stereocenters. The number of hydrogen-bond donors (Lipinski definition) is 0. The van der Waals surface area contributed by atoms with Gasteiger partial charge in [-0.1, -0.05) is 18.6 Å². The summed E-state index contributed by atoms with van der Waals surface area (Å²) in [6.45, 7) is 6.57. The van der Waals surface area contributed by atoms with Crippen molar-refractivity contribution in [1.82, 2.24) is 9.47 Å². The highest BCUT2D eigenvalue weighted by atomic mass is 16.5. The first-order valence-electron chi connectivity index (χ1n) is 11.1. The summed E-state index contributed by atoms with van der Waals surface area (Å²) in [5.41, 5.74) is 3.72. The summed E-state index contributed by atoms with van der Waals surface area (Å²) in [5, 5.41) is 0. The molecule has 158 valence electrons. The lowest BCUT2D eigenvalue weighted by molar-refractivity contribution is 0.0733. The van der Waals surface area contributed by atoms with Gasteiger partial charge in [0.25, 0.3) is 5.91 Å². The topological polar surface area (TPSA) is 50.9 Å². The van der Waals surface area contributed by atoms with E-state index in [2.05, 4.69) is 15.5 Å². The number of furan rings is 1. The van der Waals surface area contributed by atoms with Crippen molar-refractivity contribution in [3.8, 4) is 5.75 Å². The van der Waals surface area contributed by atoms with Gasteiger partial charge in [0.2, 0.25) is 0 Å². The Morgan fingerprint density at radius 1 is 1.13 bits per heavy atom. The lowest BCUT2D eigenvalue weighted by Crippen LogP contribution is -2.49. The number of carbonyl (C=O) groups is 1. The second-order valence-corrected chi connectivity index (χ2v) is 8.29. The van der Waals surface area contributed by atoms with Gasteiger partial charge < -0.3 is 23.5 Å². The molecule has 0 spiro atoms. The summed E-state index contributed by atoms with van der Waals surface area (Å²) in [4.78, 5) is 17.7. The van der Waals surface area contributed by atoms with E-state index in [1.54, 1.807) is 6.26 Å². The molecule has 6 heteroatoms. The van der Waals surface area contributed by atoms with Crippen molar-refractivity contribution >= 4 is 22.7 Å². The summed E-state index contributed by atoms with van der Waals surface area (Å²) in [7, 11) is 0. The minimum absolute atomic E-state index is 0.110. The molecule has 2 aliphatic rings. The minimum atomic E-state index is 0.110. The maximum atomic E-state index is 13.4. The van der Waals surface area contributed by atoms with Crippen molar-refractivity contribution in [2.45, 2.75) is 32.7 Å². The normalized spacial score (nSPS) is 17.4. The Morgan fingerprint density at radius 3 is 2.67 bits per heavy atom. The zero-order chi connectivity index (χ0) is 20.5. The Morgan fingerprint density at radius 2 is 1.93 bits per heavy atom. The van der Waals surface area contributed by atoms with Crippen LogP contribution in [-0.4, -0.2) is 48.2 Å². The molecule has 3 aromatic rings. The van der Waals surface area contributed by atoms with Crippen molar-refractivity contribution in [1.29, 1.82) is 0 Å². The predicted molar refractivity (Wildman–Crippen MR) is 117 cm³/mol. The minimum Gasteiger partial charge on any atom is -0.492 e. The molecule has 30 heavy (non-hydrogen) atoms. The van der Waals surface area contributed by atoms with Gasteiger partial charge in [0.1, 0.15) is 11.4 Å². The van der Waals surface area contributed by atoms with Crippen molar-refractivity contribution in [3.05, 3.63) is 48.4 Å². The maximum absolute atomic E-state index is 13.4. The molecular weight excluding hydrogens is 378 g/mol. The molecule has 1 saturated carbocycles. The summed E-state index contributed by atoms with van der Waals surface area (Å²) < 4.78 is 13.6. The zero-order valence-corrected chi connectivity index (χ0v) is 17.5. The Hall–Kier alpha value is -2.89. The van der Waals surface area contributed by atoms with E-state index in [1.807, 2.05) is 42.2 Å². The number of fused-ring (bicyclic) bond motifs is 1. The van der Waals surface area contributed by atoms with E-state index in [4.69, 9.17) is 9.15 Å². The van der Waals surface area contributed by atoms with E-state index in [0.29, 0.717) is 25.6 Å². The van der Waals surface area contributed by atoms with Crippen molar-refractivity contribution in [2.75, 3.05) is 37.7 Å². The molecule has 1 aliphatic heterocycles. The van der Waals surface area contributed by atoms with Crippen LogP contribution < -0.4 is 9.64 Å². The molecule has 5 rings (SSSR count). The van der Waals surface area contributed by atoms with Crippen LogP contribution in [0.4, 0.5) is 5.69 Å². The molecule has 0 atom stereocenters. The smallest absolute Gasteiger partial charge is 0.270 e. The van der Waals surface area contributed by atoms with Gasteiger partial charge in [0.15, 0.2) is 5.58 Å². The van der Waals surface area contributed by atoms with Crippen LogP contribution >= 0.6 is 0 Å². The first-order valence-corrected chi connectivity index (χ1v) is 11.1. The summed E-state index contributed by atoms with van der Waals surface area (Å²) in [6, 6.07) is 12.1. The molecule has 1 saturated heterocycles. The number of nitrogens with zero attached hydrogens (tertiary/aromatic N) is 3. The molecule has 0 radical (unpaired) electrons. The number of para-hydroxylation sites is 2. The molecule has 0 bridgehead atoms. The number of benzene rings is 1. The highest BCUT2D eigenvalue weighted by Crippen LogP contribution is 2.32. The van der Waals surface area contributed by atoms with Gasteiger partial charge in [-0.2, -0.15) is 0 Å². The molecule has 1 aliphatic carbocycles. The molecule has 2 fully saturated rings. The van der Waals surface area contributed by atoms with E-state index in [-0.39, 0.29) is 5.91 Å². The third-order valence-electron chi connectivity index (χ3n) is 6.48. The number of ether oxygens (including phenoxy) is 1. The fourth-order valence-corrected chi connectivity index (χ4v) is 4.59. The monoisotopic (exact) mass is 407 g/mol. The van der Waals surface area contributed by atoms with Crippen LogP contribution in [0.3, 0.4) is 0 Å². The van der Waals surface area contributed by atoms with Crippen molar-refractivity contribution in [3.63, 3.8) is 0 Å². The molecule has 1 aromatic carbocycles. The second-order valence-electron chi connectivity index (χ2n) is 8.29. The number of rotatable bonds is 6. The molecule has 1 amide bonds. The SMILES string of the molecule is CCOc1ccccc1N1CCN(C(=O)c2cc3occc3n2CC2CCC2)CC1.